The van der Waals surface area contributed by atoms with Crippen molar-refractivity contribution in [3.63, 3.8) is 0 Å². The number of amides is 1. The molecule has 0 spiro atoms. The monoisotopic (exact) mass is 350 g/mol. The van der Waals surface area contributed by atoms with Gasteiger partial charge in [0, 0.05) is 23.5 Å². The summed E-state index contributed by atoms with van der Waals surface area (Å²) in [5.74, 6) is -0.307. The molecule has 0 heterocycles. The smallest absolute Gasteiger partial charge is 0.325 e. The van der Waals surface area contributed by atoms with E-state index < -0.39 is 11.7 Å². The molecule has 1 aliphatic rings. The van der Waals surface area contributed by atoms with Gasteiger partial charge >= 0.3 is 6.18 Å². The summed E-state index contributed by atoms with van der Waals surface area (Å²) in [6.07, 6.45) is -1.94. The highest BCUT2D eigenvalue weighted by atomic mass is 79.9. The predicted octanol–water partition coefficient (Wildman–Crippen LogP) is 3.55. The van der Waals surface area contributed by atoms with Gasteiger partial charge in [0.15, 0.2) is 0 Å². The SMILES string of the molecule is O=C(CCNC1CC1)Nc1cc(C(F)(F)F)ccc1Br. The largest absolute Gasteiger partial charge is 0.416 e. The van der Waals surface area contributed by atoms with Gasteiger partial charge in [0.2, 0.25) is 5.91 Å². The average molecular weight is 351 g/mol. The molecule has 1 aliphatic carbocycles. The van der Waals surface area contributed by atoms with Crippen molar-refractivity contribution in [2.75, 3.05) is 11.9 Å². The van der Waals surface area contributed by atoms with Crippen LogP contribution in [0.3, 0.4) is 0 Å². The second-order valence-corrected chi connectivity index (χ2v) is 5.57. The van der Waals surface area contributed by atoms with Crippen molar-refractivity contribution in [1.82, 2.24) is 5.32 Å². The van der Waals surface area contributed by atoms with E-state index in [0.717, 1.165) is 25.0 Å². The predicted molar refractivity (Wildman–Crippen MR) is 73.4 cm³/mol. The zero-order chi connectivity index (χ0) is 14.8. The number of rotatable bonds is 5. The standard InChI is InChI=1S/C13H14BrF3N2O/c14-10-4-1-8(13(15,16)17)7-11(10)19-12(20)5-6-18-9-2-3-9/h1,4,7,9,18H,2-3,5-6H2,(H,19,20). The zero-order valence-electron chi connectivity index (χ0n) is 10.6. The molecule has 1 aromatic carbocycles. The van der Waals surface area contributed by atoms with Crippen LogP contribution in [-0.2, 0) is 11.0 Å². The lowest BCUT2D eigenvalue weighted by molar-refractivity contribution is -0.137. The van der Waals surface area contributed by atoms with E-state index >= 15 is 0 Å². The van der Waals surface area contributed by atoms with E-state index in [-0.39, 0.29) is 18.0 Å². The molecule has 0 bridgehead atoms. The van der Waals surface area contributed by atoms with E-state index in [4.69, 9.17) is 0 Å². The number of carbonyl (C=O) groups excluding carboxylic acids is 1. The van der Waals surface area contributed by atoms with Gasteiger partial charge in [-0.25, -0.2) is 0 Å². The molecule has 20 heavy (non-hydrogen) atoms. The number of benzene rings is 1. The summed E-state index contributed by atoms with van der Waals surface area (Å²) in [6.45, 7) is 0.535. The molecule has 3 nitrogen and oxygen atoms in total. The van der Waals surface area contributed by atoms with Gasteiger partial charge in [0.1, 0.15) is 0 Å². The fourth-order valence-electron chi connectivity index (χ4n) is 1.69. The Labute approximate surface area is 123 Å². The average Bonchev–Trinajstić information content (AvgIpc) is 3.14. The third-order valence-corrected chi connectivity index (χ3v) is 3.62. The van der Waals surface area contributed by atoms with Gasteiger partial charge < -0.3 is 10.6 Å². The Morgan fingerprint density at radius 1 is 1.35 bits per heavy atom. The van der Waals surface area contributed by atoms with Crippen LogP contribution in [0.4, 0.5) is 18.9 Å². The lowest BCUT2D eigenvalue weighted by Crippen LogP contribution is -2.23. The molecule has 0 atom stereocenters. The van der Waals surface area contributed by atoms with E-state index in [9.17, 15) is 18.0 Å². The van der Waals surface area contributed by atoms with E-state index in [0.29, 0.717) is 17.1 Å². The quantitative estimate of drug-likeness (QED) is 0.852. The number of hydrogen-bond donors (Lipinski definition) is 2. The highest BCUT2D eigenvalue weighted by Gasteiger charge is 2.31. The molecule has 0 aromatic heterocycles. The second-order valence-electron chi connectivity index (χ2n) is 4.72. The summed E-state index contributed by atoms with van der Waals surface area (Å²) in [4.78, 5) is 11.7. The molecular formula is C13H14BrF3N2O. The molecule has 0 radical (unpaired) electrons. The Morgan fingerprint density at radius 2 is 2.05 bits per heavy atom. The van der Waals surface area contributed by atoms with Gasteiger partial charge in [-0.1, -0.05) is 0 Å². The number of alkyl halides is 3. The zero-order valence-corrected chi connectivity index (χ0v) is 12.1. The van der Waals surface area contributed by atoms with Crippen LogP contribution in [0.25, 0.3) is 0 Å². The third kappa shape index (κ3) is 4.49. The molecule has 110 valence electrons. The van der Waals surface area contributed by atoms with Crippen molar-refractivity contribution in [2.24, 2.45) is 0 Å². The maximum atomic E-state index is 12.6. The molecule has 2 N–H and O–H groups in total. The molecule has 0 saturated heterocycles. The van der Waals surface area contributed by atoms with Gasteiger partial charge in [-0.05, 0) is 47.0 Å². The van der Waals surface area contributed by atoms with E-state index in [1.807, 2.05) is 0 Å². The van der Waals surface area contributed by atoms with Crippen LogP contribution >= 0.6 is 15.9 Å². The van der Waals surface area contributed by atoms with Gasteiger partial charge in [0.05, 0.1) is 11.3 Å². The fourth-order valence-corrected chi connectivity index (χ4v) is 2.03. The maximum Gasteiger partial charge on any atom is 0.416 e. The minimum Gasteiger partial charge on any atom is -0.325 e. The van der Waals surface area contributed by atoms with Crippen LogP contribution in [0.15, 0.2) is 22.7 Å². The summed E-state index contributed by atoms with van der Waals surface area (Å²) < 4.78 is 38.2. The lowest BCUT2D eigenvalue weighted by atomic mass is 10.2. The number of hydrogen-bond acceptors (Lipinski definition) is 2. The summed E-state index contributed by atoms with van der Waals surface area (Å²) in [6, 6.07) is 3.68. The first-order valence-electron chi connectivity index (χ1n) is 6.26. The first kappa shape index (κ1) is 15.3. The normalized spacial score (nSPS) is 15.2. The van der Waals surface area contributed by atoms with Crippen LogP contribution in [-0.4, -0.2) is 18.5 Å². The highest BCUT2D eigenvalue weighted by Crippen LogP contribution is 2.33. The fraction of sp³-hybridized carbons (Fsp3) is 0.462. The molecule has 1 aromatic rings. The van der Waals surface area contributed by atoms with E-state index in [2.05, 4.69) is 26.6 Å². The molecule has 0 unspecified atom stereocenters. The van der Waals surface area contributed by atoms with Crippen molar-refractivity contribution in [3.8, 4) is 0 Å². The molecule has 1 fully saturated rings. The molecule has 0 aliphatic heterocycles. The Morgan fingerprint density at radius 3 is 2.65 bits per heavy atom. The van der Waals surface area contributed by atoms with Crippen LogP contribution in [0.2, 0.25) is 0 Å². The van der Waals surface area contributed by atoms with Crippen molar-refractivity contribution >= 4 is 27.5 Å². The van der Waals surface area contributed by atoms with Crippen molar-refractivity contribution in [1.29, 1.82) is 0 Å². The Kier molecular flexibility index (Phi) is 4.70. The molecule has 1 saturated carbocycles. The first-order valence-corrected chi connectivity index (χ1v) is 7.05. The minimum absolute atomic E-state index is 0.135. The van der Waals surface area contributed by atoms with Gasteiger partial charge in [-0.2, -0.15) is 13.2 Å². The number of anilines is 1. The topological polar surface area (TPSA) is 41.1 Å². The van der Waals surface area contributed by atoms with Gasteiger partial charge in [-0.15, -0.1) is 0 Å². The summed E-state index contributed by atoms with van der Waals surface area (Å²) in [7, 11) is 0. The minimum atomic E-state index is -4.42. The third-order valence-electron chi connectivity index (χ3n) is 2.93. The lowest BCUT2D eigenvalue weighted by Gasteiger charge is -2.12. The number of carbonyl (C=O) groups is 1. The number of halogens is 4. The van der Waals surface area contributed by atoms with Crippen LogP contribution in [0.5, 0.6) is 0 Å². The van der Waals surface area contributed by atoms with Crippen molar-refractivity contribution < 1.29 is 18.0 Å². The van der Waals surface area contributed by atoms with Crippen LogP contribution in [0, 0.1) is 0 Å². The Bertz CT molecular complexity index is 501. The maximum absolute atomic E-state index is 12.6. The number of nitrogens with one attached hydrogen (secondary N) is 2. The Hall–Kier alpha value is -1.08. The van der Waals surface area contributed by atoms with Gasteiger partial charge in [-0.3, -0.25) is 4.79 Å². The summed E-state index contributed by atoms with van der Waals surface area (Å²) in [5, 5.41) is 5.66. The molecular weight excluding hydrogens is 337 g/mol. The molecule has 7 heteroatoms. The first-order chi connectivity index (χ1) is 9.36. The second kappa shape index (κ2) is 6.13. The summed E-state index contributed by atoms with van der Waals surface area (Å²) >= 11 is 3.13. The Balaban J connectivity index is 1.94. The van der Waals surface area contributed by atoms with Crippen molar-refractivity contribution in [2.45, 2.75) is 31.5 Å². The van der Waals surface area contributed by atoms with Gasteiger partial charge in [0.25, 0.3) is 0 Å². The van der Waals surface area contributed by atoms with E-state index in [1.54, 1.807) is 0 Å². The van der Waals surface area contributed by atoms with Crippen LogP contribution in [0.1, 0.15) is 24.8 Å². The van der Waals surface area contributed by atoms with Crippen LogP contribution < -0.4 is 10.6 Å². The summed E-state index contributed by atoms with van der Waals surface area (Å²) in [5.41, 5.74) is -0.650. The van der Waals surface area contributed by atoms with Crippen molar-refractivity contribution in [3.05, 3.63) is 28.2 Å². The molecule has 2 rings (SSSR count). The van der Waals surface area contributed by atoms with E-state index in [1.165, 1.54) is 6.07 Å². The highest BCUT2D eigenvalue weighted by molar-refractivity contribution is 9.10. The molecule has 1 amide bonds.